The van der Waals surface area contributed by atoms with Gasteiger partial charge in [-0.1, -0.05) is 54.7 Å². The van der Waals surface area contributed by atoms with E-state index in [1.54, 1.807) is 17.3 Å². The lowest BCUT2D eigenvalue weighted by molar-refractivity contribution is 0.0990. The van der Waals surface area contributed by atoms with Crippen LogP contribution >= 0.6 is 0 Å². The number of hydrogen-bond acceptors (Lipinski definition) is 10. The fraction of sp³-hybridized carbons (Fsp3) is 0.545. The highest BCUT2D eigenvalue weighted by molar-refractivity contribution is 7.03. The monoisotopic (exact) mass is 666 g/mol. The third-order valence-electron chi connectivity index (χ3n) is 9.49. The zero-order valence-corrected chi connectivity index (χ0v) is 30.9. The summed E-state index contributed by atoms with van der Waals surface area (Å²) in [5.41, 5.74) is 2.51. The number of likely N-dealkylation sites (N-methyl/N-ethyl adjacent to an activating group) is 1. The van der Waals surface area contributed by atoms with Gasteiger partial charge >= 0.3 is 0 Å². The van der Waals surface area contributed by atoms with Gasteiger partial charge in [-0.25, -0.2) is 0 Å². The second-order valence-electron chi connectivity index (χ2n) is 13.9. The number of rotatable bonds is 11. The minimum absolute atomic E-state index is 0.0849. The van der Waals surface area contributed by atoms with Gasteiger partial charge in [0.25, 0.3) is 11.9 Å². The molecule has 0 saturated carbocycles. The molecule has 1 aromatic carbocycles. The molecule has 2 aliphatic rings. The smallest absolute Gasteiger partial charge is 0.291 e. The van der Waals surface area contributed by atoms with E-state index in [1.807, 2.05) is 0 Å². The van der Waals surface area contributed by atoms with Crippen molar-refractivity contribution in [1.82, 2.24) is 19.8 Å². The number of ether oxygens (including phenoxy) is 3. The number of fused-ring (bicyclic) bond motifs is 1. The molecule has 1 amide bonds. The predicted octanol–water partition coefficient (Wildman–Crippen LogP) is 4.64. The molecule has 2 aromatic heterocycles. The van der Waals surface area contributed by atoms with Crippen molar-refractivity contribution in [2.24, 2.45) is 0 Å². The van der Waals surface area contributed by atoms with Crippen LogP contribution in [0.25, 0.3) is 0 Å². The van der Waals surface area contributed by atoms with Crippen molar-refractivity contribution in [2.45, 2.75) is 58.5 Å². The van der Waals surface area contributed by atoms with Gasteiger partial charge in [-0.2, -0.15) is 9.97 Å². The molecule has 13 heteroatoms. The van der Waals surface area contributed by atoms with E-state index in [-0.39, 0.29) is 29.2 Å². The second kappa shape index (κ2) is 13.8. The van der Waals surface area contributed by atoms with Gasteiger partial charge in [0.2, 0.25) is 17.7 Å². The van der Waals surface area contributed by atoms with E-state index < -0.39 is 22.1 Å². The molecule has 0 aliphatic carbocycles. The summed E-state index contributed by atoms with van der Waals surface area (Å²) < 4.78 is 23.3. The Hall–Kier alpha value is -3.40. The molecule has 4 heterocycles. The zero-order chi connectivity index (χ0) is 33.2. The van der Waals surface area contributed by atoms with Crippen molar-refractivity contribution in [1.29, 1.82) is 0 Å². The largest absolute Gasteiger partial charge is 0.479 e. The summed E-state index contributed by atoms with van der Waals surface area (Å²) in [5, 5.41) is 9.18. The summed E-state index contributed by atoms with van der Waals surface area (Å²) in [4.78, 5) is 27.1. The Morgan fingerprint density at radius 3 is 2.28 bits per heavy atom. The Balaban J connectivity index is 1.27. The van der Waals surface area contributed by atoms with E-state index >= 15 is 0 Å². The van der Waals surface area contributed by atoms with Crippen LogP contribution in [0.15, 0.2) is 22.6 Å². The molecule has 2 aliphatic heterocycles. The van der Waals surface area contributed by atoms with E-state index in [0.717, 1.165) is 50.5 Å². The highest BCUT2D eigenvalue weighted by Gasteiger charge is 2.41. The number of anilines is 2. The number of piperazine rings is 1. The van der Waals surface area contributed by atoms with Gasteiger partial charge in [0.1, 0.15) is 5.75 Å². The molecular weight excluding hydrogens is 617 g/mol. The van der Waals surface area contributed by atoms with Crippen LogP contribution in [-0.4, -0.2) is 102 Å². The fourth-order valence-electron chi connectivity index (χ4n) is 6.66. The molecule has 250 valence electrons. The number of nitrogens with zero attached hydrogens (tertiary/aromatic N) is 4. The maximum atomic E-state index is 13.3. The number of methoxy groups -OCH3 is 2. The molecule has 3 aromatic rings. The van der Waals surface area contributed by atoms with Gasteiger partial charge in [-0.3, -0.25) is 4.79 Å². The second-order valence-corrected chi connectivity index (χ2v) is 23.5. The Kier molecular flexibility index (Phi) is 10.2. The summed E-state index contributed by atoms with van der Waals surface area (Å²) >= 11 is 0. The number of carbonyl (C=O) groups excluding carboxylic acids is 1. The van der Waals surface area contributed by atoms with Gasteiger partial charge in [-0.15, -0.1) is 0 Å². The van der Waals surface area contributed by atoms with Crippen molar-refractivity contribution in [3.05, 3.63) is 35.1 Å². The van der Waals surface area contributed by atoms with Gasteiger partial charge in [0.15, 0.2) is 11.4 Å². The number of nitrogens with one attached hydrogen (secondary N) is 2. The number of benzene rings is 1. The quantitative estimate of drug-likeness (QED) is 0.222. The molecule has 0 atom stereocenters. The molecule has 0 radical (unpaired) electrons. The van der Waals surface area contributed by atoms with Crippen molar-refractivity contribution in [3.8, 4) is 23.5 Å². The SMILES string of the molecule is COc1nc(NCCCN2CCN(C)CC2)nc(OC)c1NC(=O)c1ccc(Oc2c(C)cc3c(c2C)[Si](C)(C)CC[Si]3(C)C)o1. The predicted molar refractivity (Wildman–Crippen MR) is 189 cm³/mol. The molecule has 0 spiro atoms. The standard InChI is InChI=1S/C33H50N6O5Si2/c1-22-21-25-29(46(8,9)20-19-45(25,6)7)23(2)28(22)44-26-12-11-24(43-26)30(40)35-27-31(41-4)36-33(37-32(27)42-5)34-13-10-14-39-17-15-38(3)16-18-39/h11-12,21H,10,13-20H2,1-9H3,(H,35,40)(H,34,36,37). The van der Waals surface area contributed by atoms with E-state index in [9.17, 15) is 4.79 Å². The lowest BCUT2D eigenvalue weighted by atomic mass is 10.1. The first-order valence-electron chi connectivity index (χ1n) is 16.2. The molecule has 2 N–H and O–H groups in total. The Labute approximate surface area is 275 Å². The topological polar surface area (TPSA) is 114 Å². The van der Waals surface area contributed by atoms with Crippen LogP contribution in [0.3, 0.4) is 0 Å². The first-order chi connectivity index (χ1) is 21.8. The van der Waals surface area contributed by atoms with E-state index in [0.29, 0.717) is 12.5 Å². The minimum atomic E-state index is -1.60. The lowest BCUT2D eigenvalue weighted by Crippen LogP contribution is -2.64. The van der Waals surface area contributed by atoms with E-state index in [2.05, 4.69) is 83.6 Å². The molecular formula is C33H50N6O5Si2. The van der Waals surface area contributed by atoms with Crippen molar-refractivity contribution < 1.29 is 23.4 Å². The molecule has 1 fully saturated rings. The van der Waals surface area contributed by atoms with E-state index in [1.165, 1.54) is 37.1 Å². The van der Waals surface area contributed by atoms with Crippen molar-refractivity contribution in [3.63, 3.8) is 0 Å². The van der Waals surface area contributed by atoms with Crippen LogP contribution < -0.4 is 35.2 Å². The molecule has 1 saturated heterocycles. The van der Waals surface area contributed by atoms with Crippen LogP contribution in [0, 0.1) is 13.8 Å². The Bertz CT molecular complexity index is 1540. The number of aromatic nitrogens is 2. The molecule has 0 bridgehead atoms. The summed E-state index contributed by atoms with van der Waals surface area (Å²) in [5.74, 6) is 1.40. The Morgan fingerprint density at radius 1 is 0.978 bits per heavy atom. The minimum Gasteiger partial charge on any atom is -0.479 e. The highest BCUT2D eigenvalue weighted by Crippen LogP contribution is 2.36. The first-order valence-corrected chi connectivity index (χ1v) is 22.6. The van der Waals surface area contributed by atoms with Crippen LogP contribution in [0.1, 0.15) is 28.1 Å². The molecule has 5 rings (SSSR count). The first kappa shape index (κ1) is 34.0. The average molecular weight is 667 g/mol. The maximum Gasteiger partial charge on any atom is 0.291 e. The number of carbonyl (C=O) groups is 1. The molecule has 11 nitrogen and oxygen atoms in total. The zero-order valence-electron chi connectivity index (χ0n) is 28.9. The summed E-state index contributed by atoms with van der Waals surface area (Å²) in [7, 11) is 2.04. The van der Waals surface area contributed by atoms with Crippen LogP contribution in [-0.2, 0) is 0 Å². The molecule has 0 unspecified atom stereocenters. The summed E-state index contributed by atoms with van der Waals surface area (Å²) in [6.45, 7) is 20.2. The maximum absolute atomic E-state index is 13.3. The number of aryl methyl sites for hydroxylation is 1. The van der Waals surface area contributed by atoms with Gasteiger partial charge in [0.05, 0.1) is 30.4 Å². The summed E-state index contributed by atoms with van der Waals surface area (Å²) in [6, 6.07) is 8.26. The van der Waals surface area contributed by atoms with Crippen LogP contribution in [0.5, 0.6) is 23.5 Å². The van der Waals surface area contributed by atoms with Crippen molar-refractivity contribution >= 4 is 44.1 Å². The number of furan rings is 1. The van der Waals surface area contributed by atoms with Crippen LogP contribution in [0.4, 0.5) is 11.6 Å². The number of hydrogen-bond donors (Lipinski definition) is 2. The Morgan fingerprint density at radius 2 is 1.63 bits per heavy atom. The van der Waals surface area contributed by atoms with Crippen LogP contribution in [0.2, 0.25) is 38.3 Å². The third-order valence-corrected chi connectivity index (χ3v) is 17.1. The normalized spacial score (nSPS) is 17.7. The lowest BCUT2D eigenvalue weighted by Gasteiger charge is -2.41. The van der Waals surface area contributed by atoms with Gasteiger partial charge < -0.3 is 39.1 Å². The summed E-state index contributed by atoms with van der Waals surface area (Å²) in [6.07, 6.45) is 0.947. The average Bonchev–Trinajstić information content (AvgIpc) is 3.49. The van der Waals surface area contributed by atoms with Gasteiger partial charge in [0, 0.05) is 38.8 Å². The highest BCUT2D eigenvalue weighted by atomic mass is 28.3. The third kappa shape index (κ3) is 7.27. The number of amides is 1. The fourth-order valence-corrected chi connectivity index (χ4v) is 17.6. The van der Waals surface area contributed by atoms with Crippen molar-refractivity contribution in [2.75, 3.05) is 71.2 Å². The van der Waals surface area contributed by atoms with Gasteiger partial charge in [-0.05, 0) is 51.1 Å². The van der Waals surface area contributed by atoms with E-state index in [4.69, 9.17) is 18.6 Å². The molecule has 46 heavy (non-hydrogen) atoms.